The summed E-state index contributed by atoms with van der Waals surface area (Å²) in [6.45, 7) is 8.97. The molecule has 1 saturated heterocycles. The van der Waals surface area contributed by atoms with E-state index >= 15 is 0 Å². The van der Waals surface area contributed by atoms with E-state index in [1.165, 1.54) is 0 Å². The zero-order chi connectivity index (χ0) is 13.6. The molecule has 1 aliphatic rings. The lowest BCUT2D eigenvalue weighted by atomic mass is 9.99. The lowest BCUT2D eigenvalue weighted by Crippen LogP contribution is -2.43. The van der Waals surface area contributed by atoms with Gasteiger partial charge in [0.25, 0.3) is 0 Å². The minimum Gasteiger partial charge on any atom is -0.444 e. The van der Waals surface area contributed by atoms with Crippen molar-refractivity contribution >= 4 is 6.09 Å². The maximum Gasteiger partial charge on any atom is 0.410 e. The number of carbonyl (C=O) groups is 1. The standard InChI is InChI=1S/C13H26N2O3/c1-13(2,3)18-12(16)15-7-4-5-11(9-15)10-17-8-6-14/h11H,4-10,14H2,1-3H3/t11-/m1/s1. The lowest BCUT2D eigenvalue weighted by Gasteiger charge is -2.34. The molecule has 18 heavy (non-hydrogen) atoms. The van der Waals surface area contributed by atoms with Crippen molar-refractivity contribution < 1.29 is 14.3 Å². The van der Waals surface area contributed by atoms with Crippen molar-refractivity contribution in [2.24, 2.45) is 11.7 Å². The van der Waals surface area contributed by atoms with Crippen LogP contribution in [0.1, 0.15) is 33.6 Å². The van der Waals surface area contributed by atoms with Gasteiger partial charge in [0.2, 0.25) is 0 Å². The Hall–Kier alpha value is -0.810. The molecule has 0 bridgehead atoms. The van der Waals surface area contributed by atoms with Gasteiger partial charge in [-0.15, -0.1) is 0 Å². The van der Waals surface area contributed by atoms with E-state index < -0.39 is 5.60 Å². The second kappa shape index (κ2) is 6.95. The number of likely N-dealkylation sites (tertiary alicyclic amines) is 1. The van der Waals surface area contributed by atoms with Gasteiger partial charge in [0, 0.05) is 25.6 Å². The lowest BCUT2D eigenvalue weighted by molar-refractivity contribution is 0.00806. The predicted molar refractivity (Wildman–Crippen MR) is 70.4 cm³/mol. The summed E-state index contributed by atoms with van der Waals surface area (Å²) in [5.41, 5.74) is 4.95. The highest BCUT2D eigenvalue weighted by atomic mass is 16.6. The number of ether oxygens (including phenoxy) is 2. The van der Waals surface area contributed by atoms with Crippen LogP contribution in [0.5, 0.6) is 0 Å². The third-order valence-electron chi connectivity index (χ3n) is 2.79. The average Bonchev–Trinajstić information content (AvgIpc) is 2.27. The molecule has 5 nitrogen and oxygen atoms in total. The zero-order valence-electron chi connectivity index (χ0n) is 11.8. The Bertz CT molecular complexity index is 263. The molecule has 1 fully saturated rings. The van der Waals surface area contributed by atoms with E-state index in [0.29, 0.717) is 25.7 Å². The Balaban J connectivity index is 2.36. The molecule has 0 radical (unpaired) electrons. The van der Waals surface area contributed by atoms with E-state index in [4.69, 9.17) is 15.2 Å². The maximum absolute atomic E-state index is 11.9. The normalized spacial score (nSPS) is 20.9. The second-order valence-corrected chi connectivity index (χ2v) is 5.80. The van der Waals surface area contributed by atoms with Gasteiger partial charge < -0.3 is 20.1 Å². The summed E-state index contributed by atoms with van der Waals surface area (Å²) in [5.74, 6) is 0.401. The topological polar surface area (TPSA) is 64.8 Å². The number of nitrogens with zero attached hydrogens (tertiary/aromatic N) is 1. The van der Waals surface area contributed by atoms with Gasteiger partial charge in [-0.05, 0) is 33.6 Å². The molecule has 1 heterocycles. The van der Waals surface area contributed by atoms with Crippen LogP contribution in [0.3, 0.4) is 0 Å². The van der Waals surface area contributed by atoms with Crippen LogP contribution in [0.25, 0.3) is 0 Å². The third-order valence-corrected chi connectivity index (χ3v) is 2.79. The number of amides is 1. The first kappa shape index (κ1) is 15.2. The van der Waals surface area contributed by atoms with Crippen molar-refractivity contribution in [1.29, 1.82) is 0 Å². The van der Waals surface area contributed by atoms with Crippen LogP contribution in [-0.2, 0) is 9.47 Å². The molecule has 0 aromatic heterocycles. The van der Waals surface area contributed by atoms with Gasteiger partial charge in [-0.3, -0.25) is 0 Å². The molecule has 0 aromatic rings. The van der Waals surface area contributed by atoms with Crippen molar-refractivity contribution in [2.45, 2.75) is 39.2 Å². The van der Waals surface area contributed by atoms with Crippen LogP contribution in [-0.4, -0.2) is 49.4 Å². The molecule has 5 heteroatoms. The summed E-state index contributed by atoms with van der Waals surface area (Å²) in [7, 11) is 0. The highest BCUT2D eigenvalue weighted by Crippen LogP contribution is 2.19. The van der Waals surface area contributed by atoms with Crippen LogP contribution in [0, 0.1) is 5.92 Å². The average molecular weight is 258 g/mol. The van der Waals surface area contributed by atoms with E-state index in [-0.39, 0.29) is 6.09 Å². The fraction of sp³-hybridized carbons (Fsp3) is 0.923. The van der Waals surface area contributed by atoms with E-state index in [1.54, 1.807) is 4.90 Å². The number of carbonyl (C=O) groups excluding carboxylic acids is 1. The van der Waals surface area contributed by atoms with Crippen molar-refractivity contribution in [3.63, 3.8) is 0 Å². The molecule has 0 aliphatic carbocycles. The Morgan fingerprint density at radius 2 is 2.17 bits per heavy atom. The number of nitrogens with two attached hydrogens (primary N) is 1. The molecule has 2 N–H and O–H groups in total. The first-order valence-electron chi connectivity index (χ1n) is 6.68. The Morgan fingerprint density at radius 3 is 2.78 bits per heavy atom. The monoisotopic (exact) mass is 258 g/mol. The molecule has 0 unspecified atom stereocenters. The second-order valence-electron chi connectivity index (χ2n) is 5.80. The van der Waals surface area contributed by atoms with Crippen LogP contribution in [0.2, 0.25) is 0 Å². The number of hydrogen-bond acceptors (Lipinski definition) is 4. The quantitative estimate of drug-likeness (QED) is 0.778. The maximum atomic E-state index is 11.9. The molecule has 0 aromatic carbocycles. The third kappa shape index (κ3) is 5.69. The molecule has 1 amide bonds. The molecule has 106 valence electrons. The summed E-state index contributed by atoms with van der Waals surface area (Å²) in [5, 5.41) is 0. The van der Waals surface area contributed by atoms with Crippen LogP contribution in [0.4, 0.5) is 4.79 Å². The zero-order valence-corrected chi connectivity index (χ0v) is 11.8. The predicted octanol–water partition coefficient (Wildman–Crippen LogP) is 1.61. The van der Waals surface area contributed by atoms with Gasteiger partial charge in [-0.1, -0.05) is 0 Å². The molecular formula is C13H26N2O3. The molecule has 0 spiro atoms. The first-order valence-corrected chi connectivity index (χ1v) is 6.68. The Morgan fingerprint density at radius 1 is 1.44 bits per heavy atom. The van der Waals surface area contributed by atoms with E-state index in [2.05, 4.69) is 0 Å². The fourth-order valence-corrected chi connectivity index (χ4v) is 2.03. The highest BCUT2D eigenvalue weighted by molar-refractivity contribution is 5.68. The van der Waals surface area contributed by atoms with Gasteiger partial charge >= 0.3 is 6.09 Å². The summed E-state index contributed by atoms with van der Waals surface area (Å²) in [6.07, 6.45) is 1.89. The minimum atomic E-state index is -0.430. The largest absolute Gasteiger partial charge is 0.444 e. The van der Waals surface area contributed by atoms with Gasteiger partial charge in [0.05, 0.1) is 13.2 Å². The van der Waals surface area contributed by atoms with Crippen molar-refractivity contribution in [1.82, 2.24) is 4.90 Å². The number of hydrogen-bond donors (Lipinski definition) is 1. The van der Waals surface area contributed by atoms with Crippen molar-refractivity contribution in [3.8, 4) is 0 Å². The first-order chi connectivity index (χ1) is 8.42. The summed E-state index contributed by atoms with van der Waals surface area (Å²) in [6, 6.07) is 0. The van der Waals surface area contributed by atoms with Crippen molar-refractivity contribution in [3.05, 3.63) is 0 Å². The summed E-state index contributed by atoms with van der Waals surface area (Å²) < 4.78 is 10.8. The summed E-state index contributed by atoms with van der Waals surface area (Å²) >= 11 is 0. The van der Waals surface area contributed by atoms with Crippen molar-refractivity contribution in [2.75, 3.05) is 32.8 Å². The van der Waals surface area contributed by atoms with Crippen LogP contribution in [0.15, 0.2) is 0 Å². The van der Waals surface area contributed by atoms with E-state index in [1.807, 2.05) is 20.8 Å². The van der Waals surface area contributed by atoms with E-state index in [9.17, 15) is 4.79 Å². The SMILES string of the molecule is CC(C)(C)OC(=O)N1CCC[C@@H](COCCN)C1. The highest BCUT2D eigenvalue weighted by Gasteiger charge is 2.27. The Kier molecular flexibility index (Phi) is 5.88. The molecule has 1 aliphatic heterocycles. The van der Waals surface area contributed by atoms with E-state index in [0.717, 1.165) is 25.9 Å². The molecule has 0 saturated carbocycles. The summed E-state index contributed by atoms with van der Waals surface area (Å²) in [4.78, 5) is 13.7. The number of rotatable bonds is 4. The smallest absolute Gasteiger partial charge is 0.410 e. The number of piperidine rings is 1. The van der Waals surface area contributed by atoms with Gasteiger partial charge in [0.15, 0.2) is 0 Å². The van der Waals surface area contributed by atoms with Crippen LogP contribution >= 0.6 is 0 Å². The molecule has 1 atom stereocenters. The minimum absolute atomic E-state index is 0.217. The molecular weight excluding hydrogens is 232 g/mol. The Labute approximate surface area is 110 Å². The molecule has 1 rings (SSSR count). The van der Waals surface area contributed by atoms with Gasteiger partial charge in [-0.2, -0.15) is 0 Å². The van der Waals surface area contributed by atoms with Crippen LogP contribution < -0.4 is 5.73 Å². The fourth-order valence-electron chi connectivity index (χ4n) is 2.03. The van der Waals surface area contributed by atoms with Gasteiger partial charge in [-0.25, -0.2) is 4.79 Å². The van der Waals surface area contributed by atoms with Gasteiger partial charge in [0.1, 0.15) is 5.60 Å².